The summed E-state index contributed by atoms with van der Waals surface area (Å²) in [6, 6.07) is 15.2. The van der Waals surface area contributed by atoms with Crippen molar-refractivity contribution >= 4 is 57.2 Å². The molecule has 0 fully saturated rings. The van der Waals surface area contributed by atoms with Gasteiger partial charge in [-0.2, -0.15) is 0 Å². The van der Waals surface area contributed by atoms with E-state index in [1.165, 1.54) is 11.9 Å². The summed E-state index contributed by atoms with van der Waals surface area (Å²) < 4.78 is 0. The number of aliphatic carboxylic acids is 2. The summed E-state index contributed by atoms with van der Waals surface area (Å²) in [4.78, 5) is 82.6. The molecule has 0 aliphatic heterocycles. The Labute approximate surface area is 301 Å². The number of rotatable bonds is 19. The number of hydrogen-bond acceptors (Lipinski definition) is 7. The lowest BCUT2D eigenvalue weighted by Crippen LogP contribution is -2.59. The molecule has 1 heterocycles. The largest absolute Gasteiger partial charge is 0.481 e. The van der Waals surface area contributed by atoms with Crippen LogP contribution in [0.3, 0.4) is 0 Å². The number of H-pyrrole nitrogens is 1. The molecule has 7 N–H and O–H groups in total. The SMILES string of the molecule is CCCC[C@@H](C(=O)N[C@@H](CC(=O)O)C(=O)N[C@@H](Cc1ccc2ccccc2c1)C(=O)O)N(C)C(=O)[C@H](Cc1c[nH]c2ccccc12)NC(=O)CNC. The highest BCUT2D eigenvalue weighted by molar-refractivity contribution is 5.97. The van der Waals surface area contributed by atoms with Crippen LogP contribution >= 0.6 is 0 Å². The first-order chi connectivity index (χ1) is 24.9. The first-order valence-corrected chi connectivity index (χ1v) is 17.2. The van der Waals surface area contributed by atoms with Crippen molar-refractivity contribution in [2.75, 3.05) is 20.6 Å². The van der Waals surface area contributed by atoms with Crippen LogP contribution in [0.15, 0.2) is 72.9 Å². The van der Waals surface area contributed by atoms with Crippen LogP contribution < -0.4 is 21.3 Å². The fourth-order valence-electron chi connectivity index (χ4n) is 6.15. The van der Waals surface area contributed by atoms with Crippen LogP contribution in [0.5, 0.6) is 0 Å². The van der Waals surface area contributed by atoms with Crippen LogP contribution in [0, 0.1) is 0 Å². The number of fused-ring (bicyclic) bond motifs is 2. The van der Waals surface area contributed by atoms with E-state index in [4.69, 9.17) is 0 Å². The van der Waals surface area contributed by atoms with Gasteiger partial charge in [0, 0.05) is 37.0 Å². The second kappa shape index (κ2) is 18.5. The molecule has 14 nitrogen and oxygen atoms in total. The monoisotopic (exact) mass is 714 g/mol. The van der Waals surface area contributed by atoms with Gasteiger partial charge in [-0.05, 0) is 41.4 Å². The molecule has 0 aliphatic rings. The van der Waals surface area contributed by atoms with Crippen molar-refractivity contribution in [2.24, 2.45) is 0 Å². The average Bonchev–Trinajstić information content (AvgIpc) is 3.52. The lowest BCUT2D eigenvalue weighted by Gasteiger charge is -2.32. The van der Waals surface area contributed by atoms with Crippen molar-refractivity contribution in [1.82, 2.24) is 31.2 Å². The highest BCUT2D eigenvalue weighted by atomic mass is 16.4. The molecule has 52 heavy (non-hydrogen) atoms. The summed E-state index contributed by atoms with van der Waals surface area (Å²) in [5, 5.41) is 32.7. The van der Waals surface area contributed by atoms with Crippen molar-refractivity contribution in [3.05, 3.63) is 84.1 Å². The first kappa shape index (κ1) is 39.0. The number of unbranched alkanes of at least 4 members (excludes halogenated alkanes) is 1. The van der Waals surface area contributed by atoms with Gasteiger partial charge in [0.15, 0.2) is 0 Å². The van der Waals surface area contributed by atoms with Crippen LogP contribution in [0.4, 0.5) is 0 Å². The lowest BCUT2D eigenvalue weighted by atomic mass is 10.0. The van der Waals surface area contributed by atoms with Crippen LogP contribution in [0.2, 0.25) is 0 Å². The zero-order valence-corrected chi connectivity index (χ0v) is 29.5. The molecular weight excluding hydrogens is 668 g/mol. The highest BCUT2D eigenvalue weighted by Crippen LogP contribution is 2.21. The summed E-state index contributed by atoms with van der Waals surface area (Å²) >= 11 is 0. The molecule has 4 atom stereocenters. The van der Waals surface area contributed by atoms with Gasteiger partial charge in [-0.3, -0.25) is 24.0 Å². The molecule has 0 spiro atoms. The van der Waals surface area contributed by atoms with Gasteiger partial charge in [-0.15, -0.1) is 0 Å². The summed E-state index contributed by atoms with van der Waals surface area (Å²) in [6.07, 6.45) is 2.30. The van der Waals surface area contributed by atoms with Gasteiger partial charge < -0.3 is 41.4 Å². The summed E-state index contributed by atoms with van der Waals surface area (Å²) in [5.41, 5.74) is 2.26. The Kier molecular flexibility index (Phi) is 13.9. The number of aromatic amines is 1. The predicted octanol–water partition coefficient (Wildman–Crippen LogP) is 2.36. The Balaban J connectivity index is 1.54. The number of hydrogen-bond donors (Lipinski definition) is 7. The molecule has 0 radical (unpaired) electrons. The van der Waals surface area contributed by atoms with Gasteiger partial charge in [0.1, 0.15) is 24.2 Å². The Morgan fingerprint density at radius 3 is 2.19 bits per heavy atom. The summed E-state index contributed by atoms with van der Waals surface area (Å²) in [5.74, 6) is -5.52. The fourth-order valence-corrected chi connectivity index (χ4v) is 6.15. The number of para-hydroxylation sites is 1. The minimum atomic E-state index is -1.64. The van der Waals surface area contributed by atoms with Crippen molar-refractivity contribution in [2.45, 2.75) is 69.6 Å². The van der Waals surface area contributed by atoms with Gasteiger partial charge in [0.2, 0.25) is 23.6 Å². The second-order valence-electron chi connectivity index (χ2n) is 12.8. The average molecular weight is 715 g/mol. The maximum absolute atomic E-state index is 14.1. The third-order valence-corrected chi connectivity index (χ3v) is 8.90. The first-order valence-electron chi connectivity index (χ1n) is 17.2. The lowest BCUT2D eigenvalue weighted by molar-refractivity contribution is -0.145. The Hall–Kier alpha value is -5.76. The van der Waals surface area contributed by atoms with E-state index in [1.807, 2.05) is 67.6 Å². The minimum absolute atomic E-state index is 0.0503. The van der Waals surface area contributed by atoms with Crippen molar-refractivity contribution < 1.29 is 39.0 Å². The van der Waals surface area contributed by atoms with Gasteiger partial charge in [0.25, 0.3) is 0 Å². The van der Waals surface area contributed by atoms with Crippen LogP contribution in [-0.2, 0) is 41.6 Å². The van der Waals surface area contributed by atoms with Crippen molar-refractivity contribution in [1.29, 1.82) is 0 Å². The van der Waals surface area contributed by atoms with Crippen molar-refractivity contribution in [3.63, 3.8) is 0 Å². The Morgan fingerprint density at radius 1 is 0.808 bits per heavy atom. The Morgan fingerprint density at radius 2 is 1.50 bits per heavy atom. The number of benzene rings is 3. The van der Waals surface area contributed by atoms with E-state index in [-0.39, 0.29) is 25.8 Å². The number of carbonyl (C=O) groups is 6. The number of carbonyl (C=O) groups excluding carboxylic acids is 4. The third kappa shape index (κ3) is 10.4. The van der Waals surface area contributed by atoms with E-state index >= 15 is 0 Å². The number of nitrogens with zero attached hydrogens (tertiary/aromatic N) is 1. The molecule has 4 amide bonds. The highest BCUT2D eigenvalue weighted by Gasteiger charge is 2.35. The smallest absolute Gasteiger partial charge is 0.326 e. The number of aromatic nitrogens is 1. The number of carboxylic acids is 2. The molecule has 0 saturated carbocycles. The van der Waals surface area contributed by atoms with Gasteiger partial charge in [-0.1, -0.05) is 80.4 Å². The molecule has 3 aromatic carbocycles. The molecule has 4 aromatic rings. The van der Waals surface area contributed by atoms with E-state index in [1.54, 1.807) is 19.3 Å². The maximum Gasteiger partial charge on any atom is 0.326 e. The molecular formula is C38H46N6O8. The normalized spacial score (nSPS) is 13.4. The molecule has 0 bridgehead atoms. The van der Waals surface area contributed by atoms with Crippen LogP contribution in [-0.4, -0.2) is 100 Å². The molecule has 14 heteroatoms. The van der Waals surface area contributed by atoms with E-state index < -0.39 is 66.2 Å². The van der Waals surface area contributed by atoms with E-state index in [0.717, 1.165) is 27.2 Å². The maximum atomic E-state index is 14.1. The van der Waals surface area contributed by atoms with Gasteiger partial charge >= 0.3 is 11.9 Å². The molecule has 0 saturated heterocycles. The third-order valence-electron chi connectivity index (χ3n) is 8.90. The second-order valence-corrected chi connectivity index (χ2v) is 12.8. The zero-order valence-electron chi connectivity index (χ0n) is 29.5. The number of nitrogens with one attached hydrogen (secondary N) is 5. The van der Waals surface area contributed by atoms with Crippen LogP contribution in [0.1, 0.15) is 43.7 Å². The minimum Gasteiger partial charge on any atom is -0.481 e. The molecule has 4 rings (SSSR count). The molecule has 1 aromatic heterocycles. The zero-order chi connectivity index (χ0) is 37.8. The number of likely N-dealkylation sites (N-methyl/N-ethyl adjacent to an activating group) is 2. The predicted molar refractivity (Wildman–Crippen MR) is 195 cm³/mol. The van der Waals surface area contributed by atoms with E-state index in [0.29, 0.717) is 18.4 Å². The van der Waals surface area contributed by atoms with E-state index in [2.05, 4.69) is 26.3 Å². The Bertz CT molecular complexity index is 1910. The molecule has 0 unspecified atom stereocenters. The number of carboxylic acid groups (broad SMARTS) is 2. The fraction of sp³-hybridized carbons (Fsp3) is 0.368. The van der Waals surface area contributed by atoms with Crippen LogP contribution in [0.25, 0.3) is 21.7 Å². The number of amides is 4. The molecule has 276 valence electrons. The quantitative estimate of drug-likeness (QED) is 0.0759. The van der Waals surface area contributed by atoms with Crippen molar-refractivity contribution in [3.8, 4) is 0 Å². The molecule has 0 aliphatic carbocycles. The summed E-state index contributed by atoms with van der Waals surface area (Å²) in [7, 11) is 3.02. The van der Waals surface area contributed by atoms with Gasteiger partial charge in [0.05, 0.1) is 13.0 Å². The van der Waals surface area contributed by atoms with E-state index in [9.17, 15) is 39.0 Å². The topological polar surface area (TPSA) is 210 Å². The standard InChI is InChI=1S/C38H46N6O8/c1-4-5-14-32(44(3)37(50)30(41-33(45)22-39-2)19-26-21-40-28-13-9-8-12-27(26)28)36(49)42-29(20-34(46)47)35(48)43-31(38(51)52)18-23-15-16-24-10-6-7-11-25(24)17-23/h6-13,15-17,21,29-32,39-40H,4-5,14,18-20,22H2,1-3H3,(H,41,45)(H,42,49)(H,43,48)(H,46,47)(H,51,52)/t29-,30-,31-,32-/m0/s1. The summed E-state index contributed by atoms with van der Waals surface area (Å²) in [6.45, 7) is 1.85. The van der Waals surface area contributed by atoms with Gasteiger partial charge in [-0.25, -0.2) is 4.79 Å².